The highest BCUT2D eigenvalue weighted by atomic mass is 32.1. The first-order valence-electron chi connectivity index (χ1n) is 10.0. The fraction of sp³-hybridized carbons (Fsp3) is 0.545. The van der Waals surface area contributed by atoms with Crippen molar-refractivity contribution >= 4 is 17.2 Å². The zero-order valence-corrected chi connectivity index (χ0v) is 17.8. The van der Waals surface area contributed by atoms with Gasteiger partial charge in [-0.2, -0.15) is 0 Å². The molecule has 2 heterocycles. The second-order valence-corrected chi connectivity index (χ2v) is 8.97. The average molecular weight is 386 g/mol. The molecule has 2 aromatic rings. The van der Waals surface area contributed by atoms with Crippen LogP contribution in [0.5, 0.6) is 0 Å². The number of hydrogen-bond donors (Lipinski definition) is 1. The van der Waals surface area contributed by atoms with Gasteiger partial charge < -0.3 is 10.2 Å². The molecule has 1 saturated heterocycles. The molecule has 4 nitrogen and oxygen atoms in total. The molecule has 1 unspecified atom stereocenters. The van der Waals surface area contributed by atoms with Crippen molar-refractivity contribution in [3.8, 4) is 11.3 Å². The van der Waals surface area contributed by atoms with Gasteiger partial charge in [0.05, 0.1) is 17.1 Å². The molecule has 0 bridgehead atoms. The van der Waals surface area contributed by atoms with Crippen LogP contribution in [0.2, 0.25) is 0 Å². The molecule has 0 aliphatic carbocycles. The van der Waals surface area contributed by atoms with Crippen molar-refractivity contribution in [2.45, 2.75) is 59.4 Å². The Hall–Kier alpha value is -1.72. The first-order valence-corrected chi connectivity index (χ1v) is 10.8. The van der Waals surface area contributed by atoms with Gasteiger partial charge in [0.15, 0.2) is 0 Å². The zero-order valence-electron chi connectivity index (χ0n) is 17.0. The van der Waals surface area contributed by atoms with Gasteiger partial charge in [0, 0.05) is 23.0 Å². The molecule has 3 rings (SSSR count). The molecular formula is C22H31N3OS. The maximum atomic E-state index is 12.7. The molecule has 5 heteroatoms. The Morgan fingerprint density at radius 2 is 2.00 bits per heavy atom. The predicted octanol–water partition coefficient (Wildman–Crippen LogP) is 4.27. The Balaban J connectivity index is 1.70. The second kappa shape index (κ2) is 8.98. The molecule has 1 atom stereocenters. The number of benzene rings is 1. The largest absolute Gasteiger partial charge is 0.352 e. The molecule has 1 amide bonds. The Morgan fingerprint density at radius 3 is 2.67 bits per heavy atom. The van der Waals surface area contributed by atoms with E-state index in [1.165, 1.54) is 24.0 Å². The number of thiazole rings is 1. The van der Waals surface area contributed by atoms with E-state index in [0.717, 1.165) is 47.2 Å². The zero-order chi connectivity index (χ0) is 19.4. The normalized spacial score (nSPS) is 15.9. The minimum Gasteiger partial charge on any atom is -0.352 e. The van der Waals surface area contributed by atoms with Crippen LogP contribution in [0.1, 0.15) is 47.2 Å². The van der Waals surface area contributed by atoms with Gasteiger partial charge in [-0.15, -0.1) is 11.3 Å². The second-order valence-electron chi connectivity index (χ2n) is 7.68. The number of nitrogens with zero attached hydrogens (tertiary/aromatic N) is 2. The van der Waals surface area contributed by atoms with Crippen LogP contribution in [-0.4, -0.2) is 41.5 Å². The summed E-state index contributed by atoms with van der Waals surface area (Å²) in [5, 5.41) is 4.26. The van der Waals surface area contributed by atoms with Crippen LogP contribution in [0, 0.1) is 20.8 Å². The van der Waals surface area contributed by atoms with Gasteiger partial charge >= 0.3 is 0 Å². The number of hydrogen-bond acceptors (Lipinski definition) is 4. The maximum Gasteiger partial charge on any atom is 0.225 e. The number of nitrogens with one attached hydrogen (secondary N) is 1. The first kappa shape index (κ1) is 20.0. The Bertz CT molecular complexity index is 793. The van der Waals surface area contributed by atoms with Crippen LogP contribution in [0.25, 0.3) is 11.3 Å². The fourth-order valence-corrected chi connectivity index (χ4v) is 4.81. The summed E-state index contributed by atoms with van der Waals surface area (Å²) in [4.78, 5) is 21.0. The quantitative estimate of drug-likeness (QED) is 0.774. The molecule has 1 aromatic heterocycles. The van der Waals surface area contributed by atoms with Crippen LogP contribution in [-0.2, 0) is 11.2 Å². The number of rotatable bonds is 7. The lowest BCUT2D eigenvalue weighted by Crippen LogP contribution is -2.43. The summed E-state index contributed by atoms with van der Waals surface area (Å²) in [6.07, 6.45) is 3.94. The van der Waals surface area contributed by atoms with E-state index < -0.39 is 0 Å². The van der Waals surface area contributed by atoms with E-state index in [2.05, 4.69) is 49.2 Å². The van der Waals surface area contributed by atoms with Crippen LogP contribution < -0.4 is 5.32 Å². The minimum absolute atomic E-state index is 0.107. The summed E-state index contributed by atoms with van der Waals surface area (Å²) < 4.78 is 0. The Kier molecular flexibility index (Phi) is 6.66. The summed E-state index contributed by atoms with van der Waals surface area (Å²) in [5.74, 6) is 0.107. The third-order valence-electron chi connectivity index (χ3n) is 5.30. The number of aryl methyl sites for hydroxylation is 3. The van der Waals surface area contributed by atoms with Gasteiger partial charge in [-0.05, 0) is 58.7 Å². The molecule has 1 aliphatic heterocycles. The summed E-state index contributed by atoms with van der Waals surface area (Å²) in [6.45, 7) is 11.7. The standard InChI is InChI=1S/C22H31N3OS/c1-5-18(14-25-10-6-7-11-25)24-21(26)13-20-22(23-17(4)27-20)19-9-8-15(2)12-16(19)3/h8-9,12,18H,5-7,10-11,13-14H2,1-4H3,(H,24,26). The lowest BCUT2D eigenvalue weighted by Gasteiger charge is -2.23. The van der Waals surface area contributed by atoms with E-state index >= 15 is 0 Å². The van der Waals surface area contributed by atoms with E-state index in [-0.39, 0.29) is 11.9 Å². The molecule has 0 radical (unpaired) electrons. The molecule has 1 N–H and O–H groups in total. The number of aromatic nitrogens is 1. The molecule has 0 spiro atoms. The van der Waals surface area contributed by atoms with Gasteiger partial charge in [0.25, 0.3) is 0 Å². The number of likely N-dealkylation sites (tertiary alicyclic amines) is 1. The van der Waals surface area contributed by atoms with Crippen LogP contribution >= 0.6 is 11.3 Å². The fourth-order valence-electron chi connectivity index (χ4n) is 3.86. The maximum absolute atomic E-state index is 12.7. The topological polar surface area (TPSA) is 45.2 Å². The van der Waals surface area contributed by atoms with Gasteiger partial charge in [-0.1, -0.05) is 30.7 Å². The first-order chi connectivity index (χ1) is 13.0. The molecule has 0 saturated carbocycles. The molecule has 1 fully saturated rings. The third kappa shape index (κ3) is 5.17. The average Bonchev–Trinajstić information content (AvgIpc) is 3.24. The van der Waals surface area contributed by atoms with E-state index in [1.807, 2.05) is 6.92 Å². The summed E-state index contributed by atoms with van der Waals surface area (Å²) in [7, 11) is 0. The van der Waals surface area contributed by atoms with Crippen molar-refractivity contribution in [1.82, 2.24) is 15.2 Å². The summed E-state index contributed by atoms with van der Waals surface area (Å²) in [5.41, 5.74) is 4.56. The number of amides is 1. The lowest BCUT2D eigenvalue weighted by atomic mass is 10.0. The van der Waals surface area contributed by atoms with E-state index in [9.17, 15) is 4.79 Å². The smallest absolute Gasteiger partial charge is 0.225 e. The molecule has 1 aromatic carbocycles. The van der Waals surface area contributed by atoms with E-state index in [4.69, 9.17) is 4.98 Å². The summed E-state index contributed by atoms with van der Waals surface area (Å²) in [6, 6.07) is 6.65. The Morgan fingerprint density at radius 1 is 1.26 bits per heavy atom. The number of carbonyl (C=O) groups is 1. The van der Waals surface area contributed by atoms with E-state index in [1.54, 1.807) is 11.3 Å². The van der Waals surface area contributed by atoms with E-state index in [0.29, 0.717) is 6.42 Å². The van der Waals surface area contributed by atoms with Gasteiger partial charge in [-0.3, -0.25) is 4.79 Å². The van der Waals surface area contributed by atoms with Crippen molar-refractivity contribution in [2.24, 2.45) is 0 Å². The van der Waals surface area contributed by atoms with Crippen molar-refractivity contribution in [2.75, 3.05) is 19.6 Å². The van der Waals surface area contributed by atoms with Crippen molar-refractivity contribution < 1.29 is 4.79 Å². The van der Waals surface area contributed by atoms with Gasteiger partial charge in [-0.25, -0.2) is 4.98 Å². The van der Waals surface area contributed by atoms with Crippen LogP contribution in [0.15, 0.2) is 18.2 Å². The monoisotopic (exact) mass is 385 g/mol. The van der Waals surface area contributed by atoms with Crippen molar-refractivity contribution in [1.29, 1.82) is 0 Å². The highest BCUT2D eigenvalue weighted by Crippen LogP contribution is 2.31. The van der Waals surface area contributed by atoms with Crippen LogP contribution in [0.3, 0.4) is 0 Å². The highest BCUT2D eigenvalue weighted by Gasteiger charge is 2.20. The molecule has 146 valence electrons. The highest BCUT2D eigenvalue weighted by molar-refractivity contribution is 7.12. The number of carbonyl (C=O) groups excluding carboxylic acids is 1. The van der Waals surface area contributed by atoms with Gasteiger partial charge in [0.1, 0.15) is 0 Å². The molecular weight excluding hydrogens is 354 g/mol. The van der Waals surface area contributed by atoms with Crippen molar-refractivity contribution in [3.05, 3.63) is 39.2 Å². The summed E-state index contributed by atoms with van der Waals surface area (Å²) >= 11 is 1.64. The molecule has 1 aliphatic rings. The third-order valence-corrected chi connectivity index (χ3v) is 6.27. The lowest BCUT2D eigenvalue weighted by molar-refractivity contribution is -0.121. The van der Waals surface area contributed by atoms with Gasteiger partial charge in [0.2, 0.25) is 5.91 Å². The minimum atomic E-state index is 0.107. The van der Waals surface area contributed by atoms with Crippen LogP contribution in [0.4, 0.5) is 0 Å². The molecule has 27 heavy (non-hydrogen) atoms. The Labute approximate surface area is 167 Å². The van der Waals surface area contributed by atoms with Crippen molar-refractivity contribution in [3.63, 3.8) is 0 Å². The SMILES string of the molecule is CCC(CN1CCCC1)NC(=O)Cc1sc(C)nc1-c1ccc(C)cc1C. The predicted molar refractivity (Wildman–Crippen MR) is 113 cm³/mol.